The highest BCUT2D eigenvalue weighted by molar-refractivity contribution is 9.10. The normalized spacial score (nSPS) is 10.3. The number of anilines is 3. The van der Waals surface area contributed by atoms with Crippen LogP contribution in [0.3, 0.4) is 0 Å². The summed E-state index contributed by atoms with van der Waals surface area (Å²) in [6.07, 6.45) is 3.51. The second kappa shape index (κ2) is 7.19. The van der Waals surface area contributed by atoms with Crippen molar-refractivity contribution in [3.8, 4) is 11.3 Å². The highest BCUT2D eigenvalue weighted by Gasteiger charge is 2.07. The van der Waals surface area contributed by atoms with Gasteiger partial charge in [0, 0.05) is 40.7 Å². The monoisotopic (exact) mass is 369 g/mol. The van der Waals surface area contributed by atoms with E-state index in [4.69, 9.17) is 0 Å². The molecule has 0 spiro atoms. The molecule has 3 rings (SSSR count). The summed E-state index contributed by atoms with van der Waals surface area (Å²) >= 11 is 3.47. The van der Waals surface area contributed by atoms with E-state index in [0.29, 0.717) is 5.95 Å². The summed E-state index contributed by atoms with van der Waals surface area (Å²) in [7, 11) is 0. The number of rotatable bonds is 5. The topological polar surface area (TPSA) is 62.7 Å². The molecule has 0 aliphatic carbocycles. The highest BCUT2D eigenvalue weighted by atomic mass is 79.9. The van der Waals surface area contributed by atoms with Crippen LogP contribution in [-0.4, -0.2) is 21.5 Å². The predicted octanol–water partition coefficient (Wildman–Crippen LogP) is 4.48. The quantitative estimate of drug-likeness (QED) is 0.694. The molecule has 0 amide bonds. The lowest BCUT2D eigenvalue weighted by Gasteiger charge is -2.11. The van der Waals surface area contributed by atoms with Gasteiger partial charge in [-0.05, 0) is 37.3 Å². The lowest BCUT2D eigenvalue weighted by Crippen LogP contribution is -2.05. The third-order valence-corrected chi connectivity index (χ3v) is 3.63. The molecular weight excluding hydrogens is 354 g/mol. The minimum atomic E-state index is 0.597. The zero-order chi connectivity index (χ0) is 16.1. The Hall–Kier alpha value is -2.47. The van der Waals surface area contributed by atoms with Crippen LogP contribution in [0, 0.1) is 0 Å². The number of pyridine rings is 1. The van der Waals surface area contributed by atoms with E-state index in [-0.39, 0.29) is 0 Å². The summed E-state index contributed by atoms with van der Waals surface area (Å²) in [5.41, 5.74) is 2.80. The summed E-state index contributed by atoms with van der Waals surface area (Å²) in [6.45, 7) is 2.78. The van der Waals surface area contributed by atoms with E-state index in [1.807, 2.05) is 49.4 Å². The molecule has 1 aromatic carbocycles. The van der Waals surface area contributed by atoms with Crippen LogP contribution in [-0.2, 0) is 0 Å². The first-order valence-electron chi connectivity index (χ1n) is 7.30. The maximum absolute atomic E-state index is 4.55. The molecule has 0 unspecified atom stereocenters. The molecule has 0 aliphatic rings. The standard InChI is InChI=1S/C17H16BrN5/c1-2-20-17-22-15(12-6-8-19-9-7-12)11-16(23-17)21-14-5-3-4-13(18)10-14/h3-11H,2H2,1H3,(H2,20,21,22,23). The van der Waals surface area contributed by atoms with E-state index < -0.39 is 0 Å². The van der Waals surface area contributed by atoms with Crippen LogP contribution in [0.25, 0.3) is 11.3 Å². The van der Waals surface area contributed by atoms with Gasteiger partial charge in [0.05, 0.1) is 5.69 Å². The third-order valence-electron chi connectivity index (χ3n) is 3.13. The molecule has 2 heterocycles. The lowest BCUT2D eigenvalue weighted by atomic mass is 10.2. The molecule has 6 heteroatoms. The SMILES string of the molecule is CCNc1nc(Nc2cccc(Br)c2)cc(-c2ccncc2)n1. The van der Waals surface area contributed by atoms with Gasteiger partial charge in [-0.1, -0.05) is 22.0 Å². The molecule has 0 saturated carbocycles. The van der Waals surface area contributed by atoms with Crippen LogP contribution >= 0.6 is 15.9 Å². The van der Waals surface area contributed by atoms with Gasteiger partial charge < -0.3 is 10.6 Å². The van der Waals surface area contributed by atoms with Crippen LogP contribution in [0.4, 0.5) is 17.5 Å². The number of halogens is 1. The first kappa shape index (κ1) is 15.4. The minimum Gasteiger partial charge on any atom is -0.354 e. The van der Waals surface area contributed by atoms with Gasteiger partial charge in [0.25, 0.3) is 0 Å². The largest absolute Gasteiger partial charge is 0.354 e. The molecule has 116 valence electrons. The Morgan fingerprint density at radius 2 is 1.87 bits per heavy atom. The van der Waals surface area contributed by atoms with E-state index in [1.54, 1.807) is 12.4 Å². The summed E-state index contributed by atoms with van der Waals surface area (Å²) in [5.74, 6) is 1.33. The maximum Gasteiger partial charge on any atom is 0.225 e. The molecule has 23 heavy (non-hydrogen) atoms. The van der Waals surface area contributed by atoms with E-state index in [1.165, 1.54) is 0 Å². The number of hydrogen-bond acceptors (Lipinski definition) is 5. The van der Waals surface area contributed by atoms with Crippen molar-refractivity contribution >= 4 is 33.4 Å². The van der Waals surface area contributed by atoms with E-state index >= 15 is 0 Å². The first-order valence-corrected chi connectivity index (χ1v) is 8.10. The van der Waals surface area contributed by atoms with Gasteiger partial charge in [0.2, 0.25) is 5.95 Å². The van der Waals surface area contributed by atoms with Crippen LogP contribution in [0.1, 0.15) is 6.92 Å². The second-order valence-corrected chi connectivity index (χ2v) is 5.78. The maximum atomic E-state index is 4.55. The summed E-state index contributed by atoms with van der Waals surface area (Å²) < 4.78 is 1.01. The molecule has 0 fully saturated rings. The average molecular weight is 370 g/mol. The van der Waals surface area contributed by atoms with Crippen molar-refractivity contribution in [2.45, 2.75) is 6.92 Å². The molecular formula is C17H16BrN5. The number of nitrogens with zero attached hydrogens (tertiary/aromatic N) is 3. The van der Waals surface area contributed by atoms with Crippen molar-refractivity contribution < 1.29 is 0 Å². The zero-order valence-electron chi connectivity index (χ0n) is 12.6. The molecule has 3 aromatic rings. The molecule has 2 N–H and O–H groups in total. The fourth-order valence-corrected chi connectivity index (χ4v) is 2.53. The Labute approximate surface area is 143 Å². The van der Waals surface area contributed by atoms with Crippen LogP contribution < -0.4 is 10.6 Å². The Balaban J connectivity index is 1.97. The Bertz CT molecular complexity index is 792. The number of benzene rings is 1. The molecule has 0 bridgehead atoms. The molecule has 2 aromatic heterocycles. The summed E-state index contributed by atoms with van der Waals surface area (Å²) in [4.78, 5) is 13.1. The Morgan fingerprint density at radius 1 is 1.04 bits per heavy atom. The van der Waals surface area contributed by atoms with Crippen molar-refractivity contribution in [1.29, 1.82) is 0 Å². The fraction of sp³-hybridized carbons (Fsp3) is 0.118. The highest BCUT2D eigenvalue weighted by Crippen LogP contribution is 2.24. The second-order valence-electron chi connectivity index (χ2n) is 4.86. The predicted molar refractivity (Wildman–Crippen MR) is 96.9 cm³/mol. The minimum absolute atomic E-state index is 0.597. The smallest absolute Gasteiger partial charge is 0.225 e. The van der Waals surface area contributed by atoms with Gasteiger partial charge in [0.15, 0.2) is 0 Å². The van der Waals surface area contributed by atoms with E-state index in [0.717, 1.165) is 33.8 Å². The zero-order valence-corrected chi connectivity index (χ0v) is 14.2. The third kappa shape index (κ3) is 4.04. The van der Waals surface area contributed by atoms with Gasteiger partial charge in [0.1, 0.15) is 5.82 Å². The van der Waals surface area contributed by atoms with E-state index in [9.17, 15) is 0 Å². The van der Waals surface area contributed by atoms with Gasteiger partial charge in [-0.2, -0.15) is 4.98 Å². The Morgan fingerprint density at radius 3 is 2.61 bits per heavy atom. The first-order chi connectivity index (χ1) is 11.2. The van der Waals surface area contributed by atoms with Gasteiger partial charge in [-0.15, -0.1) is 0 Å². The molecule has 0 saturated heterocycles. The summed E-state index contributed by atoms with van der Waals surface area (Å²) in [5, 5.41) is 6.49. The fourth-order valence-electron chi connectivity index (χ4n) is 2.13. The molecule has 0 atom stereocenters. The van der Waals surface area contributed by atoms with Crippen LogP contribution in [0.2, 0.25) is 0 Å². The van der Waals surface area contributed by atoms with Crippen LogP contribution in [0.5, 0.6) is 0 Å². The van der Waals surface area contributed by atoms with Gasteiger partial charge in [-0.25, -0.2) is 4.98 Å². The van der Waals surface area contributed by atoms with Gasteiger partial charge >= 0.3 is 0 Å². The van der Waals surface area contributed by atoms with E-state index in [2.05, 4.69) is 41.5 Å². The van der Waals surface area contributed by atoms with Crippen molar-refractivity contribution in [2.24, 2.45) is 0 Å². The molecule has 0 aliphatic heterocycles. The average Bonchev–Trinajstić information content (AvgIpc) is 2.56. The van der Waals surface area contributed by atoms with Crippen molar-refractivity contribution in [3.63, 3.8) is 0 Å². The molecule has 5 nitrogen and oxygen atoms in total. The number of hydrogen-bond donors (Lipinski definition) is 2. The van der Waals surface area contributed by atoms with Crippen molar-refractivity contribution in [1.82, 2.24) is 15.0 Å². The Kier molecular flexibility index (Phi) is 4.83. The van der Waals surface area contributed by atoms with Crippen LogP contribution in [0.15, 0.2) is 59.3 Å². The van der Waals surface area contributed by atoms with Crippen molar-refractivity contribution in [2.75, 3.05) is 17.2 Å². The summed E-state index contributed by atoms with van der Waals surface area (Å²) in [6, 6.07) is 13.7. The number of nitrogens with one attached hydrogen (secondary N) is 2. The number of aromatic nitrogens is 3. The lowest BCUT2D eigenvalue weighted by molar-refractivity contribution is 1.09. The molecule has 0 radical (unpaired) electrons. The van der Waals surface area contributed by atoms with Crippen molar-refractivity contribution in [3.05, 3.63) is 59.3 Å². The van der Waals surface area contributed by atoms with Gasteiger partial charge in [-0.3, -0.25) is 4.98 Å².